The van der Waals surface area contributed by atoms with Gasteiger partial charge in [-0.25, -0.2) is 17.5 Å². The first-order valence-corrected chi connectivity index (χ1v) is 8.07. The molecule has 0 aromatic heterocycles. The predicted octanol–water partition coefficient (Wildman–Crippen LogP) is 0.704. The largest absolute Gasteiger partial charge is 0.295 e. The van der Waals surface area contributed by atoms with Crippen LogP contribution in [0.5, 0.6) is 0 Å². The van der Waals surface area contributed by atoms with Crippen LogP contribution in [-0.4, -0.2) is 26.3 Å². The SMILES string of the molecule is O=C1CCC(NS(=O)(=O)Cc2ccc(Cl)c(F)c2)C(=O)N1. The molecule has 0 spiro atoms. The van der Waals surface area contributed by atoms with Gasteiger partial charge in [0, 0.05) is 6.42 Å². The van der Waals surface area contributed by atoms with E-state index in [1.165, 1.54) is 12.1 Å². The van der Waals surface area contributed by atoms with Crippen LogP contribution in [0.4, 0.5) is 4.39 Å². The lowest BCUT2D eigenvalue weighted by Gasteiger charge is -2.21. The standard InChI is InChI=1S/C12H12ClFN2O4S/c13-8-2-1-7(5-9(8)14)6-21(19,20)16-10-3-4-11(17)15-12(10)18/h1-2,5,10,16H,3-4,6H2,(H,15,17,18). The molecule has 0 radical (unpaired) electrons. The normalized spacial score (nSPS) is 19.4. The highest BCUT2D eigenvalue weighted by Gasteiger charge is 2.30. The molecule has 9 heteroatoms. The van der Waals surface area contributed by atoms with Gasteiger partial charge in [0.2, 0.25) is 21.8 Å². The quantitative estimate of drug-likeness (QED) is 0.793. The van der Waals surface area contributed by atoms with Crippen LogP contribution in [0.15, 0.2) is 18.2 Å². The molecule has 0 aliphatic carbocycles. The van der Waals surface area contributed by atoms with Crippen molar-refractivity contribution >= 4 is 33.4 Å². The van der Waals surface area contributed by atoms with E-state index >= 15 is 0 Å². The molecule has 2 N–H and O–H groups in total. The Kier molecular flexibility index (Phi) is 4.60. The van der Waals surface area contributed by atoms with E-state index in [2.05, 4.69) is 10.0 Å². The zero-order chi connectivity index (χ0) is 15.6. The molecule has 0 bridgehead atoms. The fourth-order valence-corrected chi connectivity index (χ4v) is 3.39. The molecule has 0 saturated carbocycles. The fraction of sp³-hybridized carbons (Fsp3) is 0.333. The van der Waals surface area contributed by atoms with Gasteiger partial charge in [-0.15, -0.1) is 0 Å². The number of halogens is 2. The first-order chi connectivity index (χ1) is 9.77. The third-order valence-electron chi connectivity index (χ3n) is 2.90. The number of nitrogens with one attached hydrogen (secondary N) is 2. The number of carbonyl (C=O) groups is 2. The van der Waals surface area contributed by atoms with E-state index in [0.717, 1.165) is 6.07 Å². The van der Waals surface area contributed by atoms with Crippen LogP contribution in [0.1, 0.15) is 18.4 Å². The molecule has 21 heavy (non-hydrogen) atoms. The third-order valence-corrected chi connectivity index (χ3v) is 4.57. The van der Waals surface area contributed by atoms with E-state index in [4.69, 9.17) is 11.6 Å². The summed E-state index contributed by atoms with van der Waals surface area (Å²) in [4.78, 5) is 22.5. The van der Waals surface area contributed by atoms with Crippen molar-refractivity contribution in [3.05, 3.63) is 34.6 Å². The minimum Gasteiger partial charge on any atom is -0.295 e. The maximum absolute atomic E-state index is 13.3. The lowest BCUT2D eigenvalue weighted by atomic mass is 10.1. The average Bonchev–Trinajstić information content (AvgIpc) is 2.37. The van der Waals surface area contributed by atoms with E-state index in [1.807, 2.05) is 0 Å². The second-order valence-electron chi connectivity index (χ2n) is 4.63. The molecule has 1 atom stereocenters. The fourth-order valence-electron chi connectivity index (χ4n) is 1.91. The topological polar surface area (TPSA) is 92.3 Å². The summed E-state index contributed by atoms with van der Waals surface area (Å²) < 4.78 is 39.4. The first kappa shape index (κ1) is 15.9. The minimum absolute atomic E-state index is 0.0640. The summed E-state index contributed by atoms with van der Waals surface area (Å²) in [6.07, 6.45) is 0.160. The highest BCUT2D eigenvalue weighted by atomic mass is 35.5. The van der Waals surface area contributed by atoms with Crippen molar-refractivity contribution in [3.8, 4) is 0 Å². The number of hydrogen-bond acceptors (Lipinski definition) is 4. The average molecular weight is 335 g/mol. The Labute approximate surface area is 125 Å². The van der Waals surface area contributed by atoms with Crippen LogP contribution in [0.3, 0.4) is 0 Å². The summed E-state index contributed by atoms with van der Waals surface area (Å²) in [5, 5.41) is 1.95. The van der Waals surface area contributed by atoms with Gasteiger partial charge >= 0.3 is 0 Å². The van der Waals surface area contributed by atoms with Crippen LogP contribution in [0.2, 0.25) is 5.02 Å². The van der Waals surface area contributed by atoms with Gasteiger partial charge in [-0.05, 0) is 24.1 Å². The monoisotopic (exact) mass is 334 g/mol. The molecule has 2 amide bonds. The second kappa shape index (κ2) is 6.08. The number of hydrogen-bond donors (Lipinski definition) is 2. The molecule has 1 aromatic carbocycles. The van der Waals surface area contributed by atoms with Gasteiger partial charge in [0.25, 0.3) is 0 Å². The molecule has 1 fully saturated rings. The molecule has 1 unspecified atom stereocenters. The van der Waals surface area contributed by atoms with Crippen LogP contribution in [0.25, 0.3) is 0 Å². The number of carbonyl (C=O) groups excluding carboxylic acids is 2. The van der Waals surface area contributed by atoms with Crippen LogP contribution in [-0.2, 0) is 25.4 Å². The Morgan fingerprint density at radius 3 is 2.71 bits per heavy atom. The molecular formula is C12H12ClFN2O4S. The zero-order valence-electron chi connectivity index (χ0n) is 10.7. The van der Waals surface area contributed by atoms with Gasteiger partial charge in [-0.2, -0.15) is 0 Å². The van der Waals surface area contributed by atoms with Crippen LogP contribution >= 0.6 is 11.6 Å². The zero-order valence-corrected chi connectivity index (χ0v) is 12.3. The van der Waals surface area contributed by atoms with Crippen molar-refractivity contribution in [2.75, 3.05) is 0 Å². The van der Waals surface area contributed by atoms with Crippen molar-refractivity contribution in [2.45, 2.75) is 24.6 Å². The summed E-state index contributed by atoms with van der Waals surface area (Å²) >= 11 is 5.52. The first-order valence-electron chi connectivity index (χ1n) is 6.04. The molecule has 1 heterocycles. The molecule has 114 valence electrons. The molecule has 1 aliphatic heterocycles. The summed E-state index contributed by atoms with van der Waals surface area (Å²) in [5.41, 5.74) is 0.205. The lowest BCUT2D eigenvalue weighted by molar-refractivity contribution is -0.134. The van der Waals surface area contributed by atoms with E-state index < -0.39 is 39.4 Å². The lowest BCUT2D eigenvalue weighted by Crippen LogP contribution is -2.52. The smallest absolute Gasteiger partial charge is 0.244 e. The molecule has 6 nitrogen and oxygen atoms in total. The molecule has 1 aromatic rings. The minimum atomic E-state index is -3.85. The summed E-state index contributed by atoms with van der Waals surface area (Å²) in [6, 6.07) is 2.67. The van der Waals surface area contributed by atoms with Crippen molar-refractivity contribution < 1.29 is 22.4 Å². The Morgan fingerprint density at radius 2 is 2.10 bits per heavy atom. The van der Waals surface area contributed by atoms with E-state index in [0.29, 0.717) is 0 Å². The van der Waals surface area contributed by atoms with E-state index in [-0.39, 0.29) is 23.4 Å². The van der Waals surface area contributed by atoms with Crippen molar-refractivity contribution in [2.24, 2.45) is 0 Å². The molecule has 2 rings (SSSR count). The second-order valence-corrected chi connectivity index (χ2v) is 6.79. The van der Waals surface area contributed by atoms with Crippen molar-refractivity contribution in [1.29, 1.82) is 0 Å². The van der Waals surface area contributed by atoms with Gasteiger partial charge in [-0.3, -0.25) is 14.9 Å². The maximum Gasteiger partial charge on any atom is 0.244 e. The van der Waals surface area contributed by atoms with Gasteiger partial charge < -0.3 is 0 Å². The number of rotatable bonds is 4. The Hall–Kier alpha value is -1.51. The number of piperidine rings is 1. The number of sulfonamides is 1. The van der Waals surface area contributed by atoms with Gasteiger partial charge in [0.05, 0.1) is 10.8 Å². The summed E-state index contributed by atoms with van der Waals surface area (Å²) in [5.74, 6) is -2.32. The van der Waals surface area contributed by atoms with Gasteiger partial charge in [0.1, 0.15) is 11.9 Å². The Balaban J connectivity index is 2.06. The van der Waals surface area contributed by atoms with Crippen molar-refractivity contribution in [3.63, 3.8) is 0 Å². The van der Waals surface area contributed by atoms with Crippen LogP contribution in [0, 0.1) is 5.82 Å². The highest BCUT2D eigenvalue weighted by Crippen LogP contribution is 2.17. The van der Waals surface area contributed by atoms with Gasteiger partial charge in [-0.1, -0.05) is 17.7 Å². The third kappa shape index (κ3) is 4.23. The molecular weight excluding hydrogens is 323 g/mol. The number of imide groups is 1. The number of amides is 2. The summed E-state index contributed by atoms with van der Waals surface area (Å²) in [6.45, 7) is 0. The number of benzene rings is 1. The van der Waals surface area contributed by atoms with Crippen molar-refractivity contribution in [1.82, 2.24) is 10.0 Å². The van der Waals surface area contributed by atoms with E-state index in [1.54, 1.807) is 0 Å². The predicted molar refractivity (Wildman–Crippen MR) is 73.3 cm³/mol. The summed E-state index contributed by atoms with van der Waals surface area (Å²) in [7, 11) is -3.85. The maximum atomic E-state index is 13.3. The van der Waals surface area contributed by atoms with Gasteiger partial charge in [0.15, 0.2) is 0 Å². The Bertz CT molecular complexity index is 692. The molecule has 1 aliphatic rings. The van der Waals surface area contributed by atoms with Crippen LogP contribution < -0.4 is 10.0 Å². The van der Waals surface area contributed by atoms with E-state index in [9.17, 15) is 22.4 Å². The molecule has 1 saturated heterocycles. The highest BCUT2D eigenvalue weighted by molar-refractivity contribution is 7.88. The Morgan fingerprint density at radius 1 is 1.38 bits per heavy atom.